The van der Waals surface area contributed by atoms with Crippen LogP contribution in [0.1, 0.15) is 12.5 Å². The summed E-state index contributed by atoms with van der Waals surface area (Å²) in [5.41, 5.74) is 2.67. The van der Waals surface area contributed by atoms with Crippen LogP contribution < -0.4 is 10.2 Å². The molecule has 0 saturated carbocycles. The van der Waals surface area contributed by atoms with Crippen LogP contribution >= 0.6 is 0 Å². The van der Waals surface area contributed by atoms with E-state index in [1.807, 2.05) is 7.05 Å². The number of anilines is 1. The minimum absolute atomic E-state index is 0.931. The predicted molar refractivity (Wildman–Crippen MR) is 58.1 cm³/mol. The lowest BCUT2D eigenvalue weighted by Gasteiger charge is -2.20. The molecule has 0 fully saturated rings. The van der Waals surface area contributed by atoms with E-state index in [-0.39, 0.29) is 0 Å². The number of nitrogens with zero attached hydrogens (tertiary/aromatic N) is 1. The summed E-state index contributed by atoms with van der Waals surface area (Å²) in [7, 11) is 4.09. The fourth-order valence-electron chi connectivity index (χ4n) is 1.39. The number of benzene rings is 1. The summed E-state index contributed by atoms with van der Waals surface area (Å²) in [5.74, 6) is 0. The van der Waals surface area contributed by atoms with Crippen LogP contribution in [-0.2, 0) is 6.54 Å². The lowest BCUT2D eigenvalue weighted by Crippen LogP contribution is -2.19. The monoisotopic (exact) mass is 178 g/mol. The molecule has 0 atom stereocenters. The van der Waals surface area contributed by atoms with E-state index in [0.717, 1.165) is 13.1 Å². The van der Waals surface area contributed by atoms with Gasteiger partial charge in [-0.1, -0.05) is 18.2 Å². The Bertz CT molecular complexity index is 258. The quantitative estimate of drug-likeness (QED) is 0.757. The molecule has 0 aliphatic carbocycles. The Morgan fingerprint density at radius 1 is 1.31 bits per heavy atom. The second-order valence-electron chi connectivity index (χ2n) is 3.17. The maximum absolute atomic E-state index is 3.18. The average Bonchev–Trinajstić information content (AvgIpc) is 2.18. The predicted octanol–water partition coefficient (Wildman–Crippen LogP) is 1.86. The minimum Gasteiger partial charge on any atom is -0.375 e. The fraction of sp³-hybridized carbons (Fsp3) is 0.455. The maximum atomic E-state index is 3.18. The molecular weight excluding hydrogens is 160 g/mol. The van der Waals surface area contributed by atoms with Crippen LogP contribution in [-0.4, -0.2) is 20.6 Å². The van der Waals surface area contributed by atoms with Crippen LogP contribution in [0.25, 0.3) is 0 Å². The number of hydrogen-bond donors (Lipinski definition) is 1. The van der Waals surface area contributed by atoms with Gasteiger partial charge in [-0.15, -0.1) is 0 Å². The van der Waals surface area contributed by atoms with Gasteiger partial charge in [0.15, 0.2) is 0 Å². The van der Waals surface area contributed by atoms with E-state index >= 15 is 0 Å². The summed E-state index contributed by atoms with van der Waals surface area (Å²) in [5, 5.41) is 3.18. The molecule has 0 heterocycles. The first-order valence-corrected chi connectivity index (χ1v) is 4.73. The number of nitrogens with one attached hydrogen (secondary N) is 1. The highest BCUT2D eigenvalue weighted by molar-refractivity contribution is 5.52. The molecule has 1 aromatic carbocycles. The van der Waals surface area contributed by atoms with Gasteiger partial charge in [-0.3, -0.25) is 0 Å². The van der Waals surface area contributed by atoms with Crippen molar-refractivity contribution in [2.45, 2.75) is 13.5 Å². The normalized spacial score (nSPS) is 10.1. The van der Waals surface area contributed by atoms with Gasteiger partial charge in [-0.25, -0.2) is 0 Å². The van der Waals surface area contributed by atoms with Crippen molar-refractivity contribution in [2.75, 3.05) is 25.5 Å². The first-order valence-electron chi connectivity index (χ1n) is 4.73. The molecule has 2 heteroatoms. The maximum Gasteiger partial charge on any atom is 0.0409 e. The summed E-state index contributed by atoms with van der Waals surface area (Å²) in [4.78, 5) is 2.26. The van der Waals surface area contributed by atoms with Gasteiger partial charge in [0.05, 0.1) is 0 Å². The molecule has 0 spiro atoms. The summed E-state index contributed by atoms with van der Waals surface area (Å²) in [6.45, 7) is 4.14. The molecule has 0 bridgehead atoms. The van der Waals surface area contributed by atoms with E-state index in [0.29, 0.717) is 0 Å². The smallest absolute Gasteiger partial charge is 0.0409 e. The third-order valence-electron chi connectivity index (χ3n) is 2.24. The van der Waals surface area contributed by atoms with Crippen LogP contribution in [0.3, 0.4) is 0 Å². The molecule has 72 valence electrons. The molecule has 1 rings (SSSR count). The van der Waals surface area contributed by atoms with Gasteiger partial charge in [0.25, 0.3) is 0 Å². The standard InChI is InChI=1S/C11H18N2/c1-4-13(3)11-8-6-5-7-10(11)9-12-2/h5-8,12H,4,9H2,1-3H3. The molecular formula is C11H18N2. The summed E-state index contributed by atoms with van der Waals surface area (Å²) in [6.07, 6.45) is 0. The SMILES string of the molecule is CCN(C)c1ccccc1CNC. The Hall–Kier alpha value is -1.02. The molecule has 2 nitrogen and oxygen atoms in total. The zero-order valence-corrected chi connectivity index (χ0v) is 8.67. The van der Waals surface area contributed by atoms with Crippen molar-refractivity contribution in [3.05, 3.63) is 29.8 Å². The highest BCUT2D eigenvalue weighted by atomic mass is 15.1. The zero-order chi connectivity index (χ0) is 9.68. The third-order valence-corrected chi connectivity index (χ3v) is 2.24. The first kappa shape index (κ1) is 10.1. The van der Waals surface area contributed by atoms with Gasteiger partial charge in [-0.2, -0.15) is 0 Å². The van der Waals surface area contributed by atoms with Gasteiger partial charge >= 0.3 is 0 Å². The zero-order valence-electron chi connectivity index (χ0n) is 8.67. The first-order chi connectivity index (χ1) is 6.29. The fourth-order valence-corrected chi connectivity index (χ4v) is 1.39. The van der Waals surface area contributed by atoms with E-state index in [1.54, 1.807) is 0 Å². The summed E-state index contributed by atoms with van der Waals surface area (Å²) in [6, 6.07) is 8.49. The van der Waals surface area contributed by atoms with Crippen molar-refractivity contribution in [3.63, 3.8) is 0 Å². The van der Waals surface area contributed by atoms with Crippen LogP contribution in [0, 0.1) is 0 Å². The molecule has 0 aliphatic rings. The molecule has 0 saturated heterocycles. The lowest BCUT2D eigenvalue weighted by atomic mass is 10.1. The number of rotatable bonds is 4. The Morgan fingerprint density at radius 3 is 2.62 bits per heavy atom. The van der Waals surface area contributed by atoms with Gasteiger partial charge in [-0.05, 0) is 25.6 Å². The molecule has 1 N–H and O–H groups in total. The van der Waals surface area contributed by atoms with Gasteiger partial charge in [0.2, 0.25) is 0 Å². The molecule has 13 heavy (non-hydrogen) atoms. The van der Waals surface area contributed by atoms with Gasteiger partial charge in [0.1, 0.15) is 0 Å². The summed E-state index contributed by atoms with van der Waals surface area (Å²) >= 11 is 0. The van der Waals surface area contributed by atoms with E-state index in [9.17, 15) is 0 Å². The average molecular weight is 178 g/mol. The largest absolute Gasteiger partial charge is 0.375 e. The van der Waals surface area contributed by atoms with E-state index in [2.05, 4.69) is 48.5 Å². The molecule has 0 unspecified atom stereocenters. The number of para-hydroxylation sites is 1. The van der Waals surface area contributed by atoms with Gasteiger partial charge in [0, 0.05) is 25.8 Å². The van der Waals surface area contributed by atoms with Crippen LogP contribution in [0.2, 0.25) is 0 Å². The second-order valence-corrected chi connectivity index (χ2v) is 3.17. The Labute approximate surface area is 80.6 Å². The van der Waals surface area contributed by atoms with Crippen molar-refractivity contribution in [1.29, 1.82) is 0 Å². The van der Waals surface area contributed by atoms with E-state index < -0.39 is 0 Å². The Kier molecular flexibility index (Phi) is 3.77. The summed E-state index contributed by atoms with van der Waals surface area (Å²) < 4.78 is 0. The molecule has 0 radical (unpaired) electrons. The Morgan fingerprint density at radius 2 is 2.00 bits per heavy atom. The van der Waals surface area contributed by atoms with Crippen LogP contribution in [0.4, 0.5) is 5.69 Å². The lowest BCUT2D eigenvalue weighted by molar-refractivity contribution is 0.809. The second kappa shape index (κ2) is 4.87. The Balaban J connectivity index is 2.90. The van der Waals surface area contributed by atoms with E-state index in [4.69, 9.17) is 0 Å². The van der Waals surface area contributed by atoms with Crippen molar-refractivity contribution in [2.24, 2.45) is 0 Å². The highest BCUT2D eigenvalue weighted by Crippen LogP contribution is 2.18. The number of hydrogen-bond acceptors (Lipinski definition) is 2. The molecule has 0 aliphatic heterocycles. The van der Waals surface area contributed by atoms with Crippen molar-refractivity contribution in [3.8, 4) is 0 Å². The van der Waals surface area contributed by atoms with Gasteiger partial charge < -0.3 is 10.2 Å². The molecule has 0 aromatic heterocycles. The minimum atomic E-state index is 0.931. The van der Waals surface area contributed by atoms with Crippen molar-refractivity contribution in [1.82, 2.24) is 5.32 Å². The topological polar surface area (TPSA) is 15.3 Å². The molecule has 1 aromatic rings. The van der Waals surface area contributed by atoms with Crippen LogP contribution in [0.15, 0.2) is 24.3 Å². The van der Waals surface area contributed by atoms with Crippen LogP contribution in [0.5, 0.6) is 0 Å². The third kappa shape index (κ3) is 2.46. The highest BCUT2D eigenvalue weighted by Gasteiger charge is 2.03. The van der Waals surface area contributed by atoms with Crippen molar-refractivity contribution < 1.29 is 0 Å². The van der Waals surface area contributed by atoms with E-state index in [1.165, 1.54) is 11.3 Å². The van der Waals surface area contributed by atoms with Crippen molar-refractivity contribution >= 4 is 5.69 Å². The molecule has 0 amide bonds.